The summed E-state index contributed by atoms with van der Waals surface area (Å²) >= 11 is 0. The van der Waals surface area contributed by atoms with Gasteiger partial charge < -0.3 is 14.7 Å². The summed E-state index contributed by atoms with van der Waals surface area (Å²) in [5, 5.41) is 0. The molecule has 0 aliphatic carbocycles. The van der Waals surface area contributed by atoms with Crippen molar-refractivity contribution in [2.45, 2.75) is 25.8 Å². The van der Waals surface area contributed by atoms with Crippen LogP contribution < -0.4 is 10.2 Å². The van der Waals surface area contributed by atoms with Crippen LogP contribution in [0.2, 0.25) is 0 Å². The van der Waals surface area contributed by atoms with Crippen LogP contribution in [-0.4, -0.2) is 69.4 Å². The van der Waals surface area contributed by atoms with E-state index >= 15 is 0 Å². The van der Waals surface area contributed by atoms with Gasteiger partial charge in [-0.15, -0.1) is 0 Å². The standard InChI is InChI=1S/C22H23N5O4/c1-12-4-3-7-26(12)8-9-27-21(29)13-10-15-16(11-14(13)22(27)30)25-19(24-15)18-17(28)5-6-23-20(18)31-2/h5-6,10-12H,3-4,7-9H2,1-2H3,(H,23,28)(H,24,25)/t12-/m0/s1. The maximum atomic E-state index is 12.9. The van der Waals surface area contributed by atoms with E-state index in [0.29, 0.717) is 47.1 Å². The van der Waals surface area contributed by atoms with Crippen molar-refractivity contribution in [3.8, 4) is 17.3 Å². The molecule has 1 saturated heterocycles. The number of hydrogen-bond donors (Lipinski definition) is 2. The van der Waals surface area contributed by atoms with Gasteiger partial charge in [-0.1, -0.05) is 0 Å². The van der Waals surface area contributed by atoms with Crippen LogP contribution in [0.1, 0.15) is 40.5 Å². The minimum Gasteiger partial charge on any atom is -0.482 e. The molecule has 1 atom stereocenters. The molecular formula is C22H23N5O4. The highest BCUT2D eigenvalue weighted by atomic mass is 16.5. The lowest BCUT2D eigenvalue weighted by Crippen LogP contribution is -2.39. The van der Waals surface area contributed by atoms with Crippen molar-refractivity contribution in [3.63, 3.8) is 0 Å². The van der Waals surface area contributed by atoms with Gasteiger partial charge in [0.05, 0.1) is 29.3 Å². The molecule has 9 nitrogen and oxygen atoms in total. The predicted molar refractivity (Wildman–Crippen MR) is 114 cm³/mol. The molecule has 160 valence electrons. The first-order valence-electron chi connectivity index (χ1n) is 10.4. The third-order valence-electron chi connectivity index (χ3n) is 6.24. The fourth-order valence-corrected chi connectivity index (χ4v) is 4.51. The number of nitrogens with one attached hydrogen (secondary N) is 2. The number of aromatic amines is 2. The molecule has 2 amide bonds. The van der Waals surface area contributed by atoms with E-state index in [4.69, 9.17) is 4.74 Å². The lowest BCUT2D eigenvalue weighted by atomic mass is 10.1. The third kappa shape index (κ3) is 3.12. The zero-order valence-corrected chi connectivity index (χ0v) is 17.4. The fraction of sp³-hybridized carbons (Fsp3) is 0.364. The van der Waals surface area contributed by atoms with Crippen molar-refractivity contribution in [2.75, 3.05) is 26.7 Å². The number of imidazole rings is 1. The minimum atomic E-state index is -0.298. The van der Waals surface area contributed by atoms with Crippen LogP contribution in [0.4, 0.5) is 0 Å². The van der Waals surface area contributed by atoms with Crippen molar-refractivity contribution in [2.24, 2.45) is 0 Å². The number of benzene rings is 1. The summed E-state index contributed by atoms with van der Waals surface area (Å²) in [6, 6.07) is 5.13. The van der Waals surface area contributed by atoms with Crippen LogP contribution in [0, 0.1) is 0 Å². The number of hydrogen-bond acceptors (Lipinski definition) is 6. The van der Waals surface area contributed by atoms with E-state index in [-0.39, 0.29) is 28.7 Å². The summed E-state index contributed by atoms with van der Waals surface area (Å²) in [4.78, 5) is 52.3. The average Bonchev–Trinajstić information content (AvgIpc) is 3.42. The Labute approximate surface area is 178 Å². The molecule has 0 radical (unpaired) electrons. The van der Waals surface area contributed by atoms with Crippen LogP contribution in [-0.2, 0) is 0 Å². The Balaban J connectivity index is 1.47. The third-order valence-corrected chi connectivity index (χ3v) is 6.24. The van der Waals surface area contributed by atoms with Gasteiger partial charge >= 0.3 is 0 Å². The predicted octanol–water partition coefficient (Wildman–Crippen LogP) is 2.01. The van der Waals surface area contributed by atoms with E-state index in [9.17, 15) is 14.4 Å². The monoisotopic (exact) mass is 421 g/mol. The number of amides is 2. The van der Waals surface area contributed by atoms with E-state index in [1.807, 2.05) is 0 Å². The number of H-pyrrole nitrogens is 2. The van der Waals surface area contributed by atoms with Gasteiger partial charge in [0.15, 0.2) is 5.43 Å². The Bertz CT molecular complexity index is 1210. The van der Waals surface area contributed by atoms with Crippen LogP contribution in [0.3, 0.4) is 0 Å². The van der Waals surface area contributed by atoms with E-state index in [0.717, 1.165) is 19.4 Å². The number of aromatic nitrogens is 3. The van der Waals surface area contributed by atoms with Gasteiger partial charge in [0.2, 0.25) is 5.88 Å². The van der Waals surface area contributed by atoms with Crippen molar-refractivity contribution in [1.29, 1.82) is 0 Å². The number of imide groups is 1. The minimum absolute atomic E-state index is 0.253. The molecule has 5 rings (SSSR count). The topological polar surface area (TPSA) is 111 Å². The van der Waals surface area contributed by atoms with E-state index in [1.165, 1.54) is 24.3 Å². The summed E-state index contributed by atoms with van der Waals surface area (Å²) in [5.74, 6) is 0.0131. The van der Waals surface area contributed by atoms with Crippen molar-refractivity contribution < 1.29 is 14.3 Å². The highest BCUT2D eigenvalue weighted by molar-refractivity contribution is 6.22. The maximum Gasteiger partial charge on any atom is 0.261 e. The summed E-state index contributed by atoms with van der Waals surface area (Å²) < 4.78 is 5.25. The van der Waals surface area contributed by atoms with Gasteiger partial charge in [-0.2, -0.15) is 0 Å². The molecule has 2 aliphatic rings. The quantitative estimate of drug-likeness (QED) is 0.610. The second kappa shape index (κ2) is 7.35. The fourth-order valence-electron chi connectivity index (χ4n) is 4.51. The first-order chi connectivity index (χ1) is 15.0. The van der Waals surface area contributed by atoms with Gasteiger partial charge in [-0.3, -0.25) is 24.2 Å². The molecule has 1 aromatic carbocycles. The van der Waals surface area contributed by atoms with E-state index in [1.54, 1.807) is 12.1 Å². The SMILES string of the molecule is COc1[nH]ccc(=O)c1-c1nc2cc3c(cc2[nH]1)C(=O)N(CCN1CCC[C@@H]1C)C3=O. The molecule has 2 aliphatic heterocycles. The van der Waals surface area contributed by atoms with Crippen LogP contribution >= 0.6 is 0 Å². The molecule has 0 bridgehead atoms. The van der Waals surface area contributed by atoms with Crippen molar-refractivity contribution in [1.82, 2.24) is 24.8 Å². The largest absolute Gasteiger partial charge is 0.482 e. The molecular weight excluding hydrogens is 398 g/mol. The zero-order valence-electron chi connectivity index (χ0n) is 17.4. The van der Waals surface area contributed by atoms with Crippen molar-refractivity contribution >= 4 is 22.8 Å². The zero-order chi connectivity index (χ0) is 21.7. The highest BCUT2D eigenvalue weighted by Gasteiger charge is 2.37. The summed E-state index contributed by atoms with van der Waals surface area (Å²) in [7, 11) is 1.46. The van der Waals surface area contributed by atoms with E-state index < -0.39 is 0 Å². The van der Waals surface area contributed by atoms with Gasteiger partial charge in [0, 0.05) is 31.4 Å². The number of fused-ring (bicyclic) bond motifs is 2. The Morgan fingerprint density at radius 2 is 1.94 bits per heavy atom. The first-order valence-corrected chi connectivity index (χ1v) is 10.4. The lowest BCUT2D eigenvalue weighted by Gasteiger charge is -2.23. The van der Waals surface area contributed by atoms with Crippen LogP contribution in [0.25, 0.3) is 22.4 Å². The Hall–Kier alpha value is -3.46. The number of methoxy groups -OCH3 is 1. The average molecular weight is 421 g/mol. The Morgan fingerprint density at radius 1 is 1.16 bits per heavy atom. The second-order valence-corrected chi connectivity index (χ2v) is 8.04. The molecule has 9 heteroatoms. The number of pyridine rings is 1. The highest BCUT2D eigenvalue weighted by Crippen LogP contribution is 2.30. The number of likely N-dealkylation sites (tertiary alicyclic amines) is 1. The molecule has 1 fully saturated rings. The summed E-state index contributed by atoms with van der Waals surface area (Å²) in [5.41, 5.74) is 1.80. The number of carbonyl (C=O) groups excluding carboxylic acids is 2. The first kappa shape index (κ1) is 19.5. The molecule has 4 heterocycles. The van der Waals surface area contributed by atoms with Crippen molar-refractivity contribution in [3.05, 3.63) is 45.7 Å². The number of nitrogens with zero attached hydrogens (tertiary/aromatic N) is 3. The molecule has 31 heavy (non-hydrogen) atoms. The van der Waals surface area contributed by atoms with Crippen LogP contribution in [0.5, 0.6) is 5.88 Å². The van der Waals surface area contributed by atoms with Crippen LogP contribution in [0.15, 0.2) is 29.2 Å². The summed E-state index contributed by atoms with van der Waals surface area (Å²) in [6.45, 7) is 4.24. The molecule has 0 unspecified atom stereocenters. The maximum absolute atomic E-state index is 12.9. The lowest BCUT2D eigenvalue weighted by molar-refractivity contribution is 0.0634. The number of ether oxygens (including phenoxy) is 1. The summed E-state index contributed by atoms with van der Waals surface area (Å²) in [6.07, 6.45) is 3.80. The molecule has 3 aromatic rings. The van der Waals surface area contributed by atoms with E-state index in [2.05, 4.69) is 26.8 Å². The molecule has 2 N–H and O–H groups in total. The normalized spacial score (nSPS) is 18.9. The Morgan fingerprint density at radius 3 is 2.65 bits per heavy atom. The van der Waals surface area contributed by atoms with Gasteiger partial charge in [-0.25, -0.2) is 4.98 Å². The Kier molecular flexibility index (Phi) is 4.62. The number of rotatable bonds is 5. The van der Waals surface area contributed by atoms with Gasteiger partial charge in [0.1, 0.15) is 11.4 Å². The van der Waals surface area contributed by atoms with Gasteiger partial charge in [0.25, 0.3) is 11.8 Å². The molecule has 0 saturated carbocycles. The van der Waals surface area contributed by atoms with Gasteiger partial charge in [-0.05, 0) is 38.4 Å². The smallest absolute Gasteiger partial charge is 0.261 e. The molecule has 2 aromatic heterocycles. The number of carbonyl (C=O) groups is 2. The second-order valence-electron chi connectivity index (χ2n) is 8.04. The molecule has 0 spiro atoms.